The minimum atomic E-state index is 0.0932. The SMILES string of the molecule is COc1cc2c(cc1/C=C(\C#N)c1ccc(Cl)cc1)C(C)CC(C)(C)N2C. The minimum absolute atomic E-state index is 0.0932. The lowest BCUT2D eigenvalue weighted by Gasteiger charge is -2.45. The maximum Gasteiger partial charge on any atom is 0.128 e. The van der Waals surface area contributed by atoms with Crippen molar-refractivity contribution in [2.45, 2.75) is 38.6 Å². The summed E-state index contributed by atoms with van der Waals surface area (Å²) in [5.41, 5.74) is 4.92. The number of hydrogen-bond donors (Lipinski definition) is 0. The summed E-state index contributed by atoms with van der Waals surface area (Å²) in [5, 5.41) is 10.3. The van der Waals surface area contributed by atoms with Crippen LogP contribution >= 0.6 is 11.6 Å². The van der Waals surface area contributed by atoms with Gasteiger partial charge >= 0.3 is 0 Å². The Morgan fingerprint density at radius 2 is 1.96 bits per heavy atom. The molecule has 4 heteroatoms. The van der Waals surface area contributed by atoms with E-state index in [1.54, 1.807) is 19.2 Å². The van der Waals surface area contributed by atoms with Gasteiger partial charge in [-0.3, -0.25) is 0 Å². The second kappa shape index (κ2) is 7.29. The fraction of sp³-hybridized carbons (Fsp3) is 0.348. The maximum absolute atomic E-state index is 9.67. The van der Waals surface area contributed by atoms with E-state index in [-0.39, 0.29) is 5.54 Å². The Labute approximate surface area is 166 Å². The summed E-state index contributed by atoms with van der Waals surface area (Å²) in [7, 11) is 3.80. The Hall–Kier alpha value is -2.44. The zero-order valence-corrected chi connectivity index (χ0v) is 17.3. The van der Waals surface area contributed by atoms with Gasteiger partial charge in [0.15, 0.2) is 0 Å². The van der Waals surface area contributed by atoms with Crippen LogP contribution in [0.1, 0.15) is 49.8 Å². The van der Waals surface area contributed by atoms with Gasteiger partial charge in [0.25, 0.3) is 0 Å². The predicted molar refractivity (Wildman–Crippen MR) is 113 cm³/mol. The monoisotopic (exact) mass is 380 g/mol. The number of rotatable bonds is 3. The maximum atomic E-state index is 9.67. The van der Waals surface area contributed by atoms with Gasteiger partial charge in [-0.25, -0.2) is 0 Å². The van der Waals surface area contributed by atoms with Crippen molar-refractivity contribution >= 4 is 28.9 Å². The summed E-state index contributed by atoms with van der Waals surface area (Å²) in [5.74, 6) is 1.21. The summed E-state index contributed by atoms with van der Waals surface area (Å²) >= 11 is 5.97. The van der Waals surface area contributed by atoms with Gasteiger partial charge in [-0.2, -0.15) is 5.26 Å². The molecule has 140 valence electrons. The van der Waals surface area contributed by atoms with E-state index in [0.29, 0.717) is 16.5 Å². The molecule has 0 aromatic heterocycles. The van der Waals surface area contributed by atoms with Crippen molar-refractivity contribution in [3.63, 3.8) is 0 Å². The molecule has 0 fully saturated rings. The third-order valence-corrected chi connectivity index (χ3v) is 5.81. The topological polar surface area (TPSA) is 36.3 Å². The Kier molecular flexibility index (Phi) is 5.22. The molecule has 0 bridgehead atoms. The fourth-order valence-corrected chi connectivity index (χ4v) is 3.99. The number of nitrogens with zero attached hydrogens (tertiary/aromatic N) is 2. The number of anilines is 1. The number of allylic oxidation sites excluding steroid dienone is 1. The predicted octanol–water partition coefficient (Wildman–Crippen LogP) is 6.13. The zero-order valence-electron chi connectivity index (χ0n) is 16.5. The van der Waals surface area contributed by atoms with Crippen LogP contribution in [0, 0.1) is 11.3 Å². The molecule has 2 aromatic carbocycles. The van der Waals surface area contributed by atoms with Gasteiger partial charge in [-0.15, -0.1) is 0 Å². The van der Waals surface area contributed by atoms with E-state index in [2.05, 4.69) is 50.9 Å². The molecule has 1 atom stereocenters. The molecule has 0 saturated carbocycles. The first-order valence-corrected chi connectivity index (χ1v) is 9.48. The van der Waals surface area contributed by atoms with Crippen molar-refractivity contribution in [1.29, 1.82) is 5.26 Å². The lowest BCUT2D eigenvalue weighted by molar-refractivity contribution is 0.389. The van der Waals surface area contributed by atoms with Crippen LogP contribution in [0.3, 0.4) is 0 Å². The molecule has 0 radical (unpaired) electrons. The fourth-order valence-electron chi connectivity index (χ4n) is 3.87. The number of methoxy groups -OCH3 is 1. The molecular weight excluding hydrogens is 356 g/mol. The van der Waals surface area contributed by atoms with Gasteiger partial charge in [0.05, 0.1) is 18.8 Å². The number of nitriles is 1. The molecule has 0 spiro atoms. The van der Waals surface area contributed by atoms with E-state index < -0.39 is 0 Å². The molecule has 27 heavy (non-hydrogen) atoms. The van der Waals surface area contributed by atoms with Gasteiger partial charge in [0, 0.05) is 34.9 Å². The van der Waals surface area contributed by atoms with Crippen molar-refractivity contribution in [1.82, 2.24) is 0 Å². The van der Waals surface area contributed by atoms with Gasteiger partial charge < -0.3 is 9.64 Å². The van der Waals surface area contributed by atoms with Crippen LogP contribution in [0.15, 0.2) is 36.4 Å². The van der Waals surface area contributed by atoms with E-state index >= 15 is 0 Å². The second-order valence-electron chi connectivity index (χ2n) is 7.81. The van der Waals surface area contributed by atoms with Crippen LogP contribution in [0.5, 0.6) is 5.75 Å². The molecule has 1 heterocycles. The summed E-state index contributed by atoms with van der Waals surface area (Å²) in [4.78, 5) is 2.32. The van der Waals surface area contributed by atoms with E-state index in [4.69, 9.17) is 16.3 Å². The number of benzene rings is 2. The van der Waals surface area contributed by atoms with Crippen LogP contribution in [-0.4, -0.2) is 19.7 Å². The third-order valence-electron chi connectivity index (χ3n) is 5.56. The molecule has 1 aliphatic heterocycles. The summed E-state index contributed by atoms with van der Waals surface area (Å²) in [6.07, 6.45) is 2.98. The van der Waals surface area contributed by atoms with Crippen LogP contribution < -0.4 is 9.64 Å². The highest BCUT2D eigenvalue weighted by Crippen LogP contribution is 2.45. The van der Waals surface area contributed by atoms with Crippen molar-refractivity contribution < 1.29 is 4.74 Å². The van der Waals surface area contributed by atoms with E-state index in [9.17, 15) is 5.26 Å². The van der Waals surface area contributed by atoms with Crippen molar-refractivity contribution in [2.75, 3.05) is 19.1 Å². The highest BCUT2D eigenvalue weighted by molar-refractivity contribution is 6.30. The van der Waals surface area contributed by atoms with Gasteiger partial charge in [0.1, 0.15) is 5.75 Å². The molecule has 1 aliphatic rings. The first-order valence-electron chi connectivity index (χ1n) is 9.10. The number of fused-ring (bicyclic) bond motifs is 1. The third kappa shape index (κ3) is 3.68. The largest absolute Gasteiger partial charge is 0.496 e. The van der Waals surface area contributed by atoms with Crippen molar-refractivity contribution in [3.8, 4) is 11.8 Å². The zero-order chi connectivity index (χ0) is 19.8. The summed E-state index contributed by atoms with van der Waals surface area (Å²) in [6.45, 7) is 6.79. The van der Waals surface area contributed by atoms with Crippen molar-refractivity contribution in [2.24, 2.45) is 0 Å². The Morgan fingerprint density at radius 3 is 2.56 bits per heavy atom. The molecule has 1 unspecified atom stereocenters. The average molecular weight is 381 g/mol. The van der Waals surface area contributed by atoms with Crippen LogP contribution in [-0.2, 0) is 0 Å². The molecule has 2 aromatic rings. The summed E-state index contributed by atoms with van der Waals surface area (Å²) < 4.78 is 5.66. The normalized spacial score (nSPS) is 18.6. The molecule has 0 amide bonds. The smallest absolute Gasteiger partial charge is 0.128 e. The van der Waals surface area contributed by atoms with Gasteiger partial charge in [-0.05, 0) is 61.6 Å². The standard InChI is InChI=1S/C23H25ClN2O/c1-15-13-23(2,3)26(4)21-12-22(27-5)17(11-20(15)21)10-18(14-25)16-6-8-19(24)9-7-16/h6-12,15H,13H2,1-5H3/b18-10+. The molecule has 3 nitrogen and oxygen atoms in total. The van der Waals surface area contributed by atoms with E-state index in [1.807, 2.05) is 18.2 Å². The lowest BCUT2D eigenvalue weighted by atomic mass is 9.79. The lowest BCUT2D eigenvalue weighted by Crippen LogP contribution is -2.45. The molecule has 0 saturated heterocycles. The number of hydrogen-bond acceptors (Lipinski definition) is 3. The molecular formula is C23H25ClN2O. The average Bonchev–Trinajstić information content (AvgIpc) is 2.64. The van der Waals surface area contributed by atoms with Crippen LogP contribution in [0.4, 0.5) is 5.69 Å². The van der Waals surface area contributed by atoms with Gasteiger partial charge in [0.2, 0.25) is 0 Å². The number of ether oxygens (including phenoxy) is 1. The van der Waals surface area contributed by atoms with E-state index in [0.717, 1.165) is 23.3 Å². The molecule has 0 aliphatic carbocycles. The highest BCUT2D eigenvalue weighted by atomic mass is 35.5. The highest BCUT2D eigenvalue weighted by Gasteiger charge is 2.34. The van der Waals surface area contributed by atoms with Crippen molar-refractivity contribution in [3.05, 3.63) is 58.1 Å². The Morgan fingerprint density at radius 1 is 1.30 bits per heavy atom. The second-order valence-corrected chi connectivity index (χ2v) is 8.24. The first kappa shape index (κ1) is 19.3. The Bertz CT molecular complexity index is 923. The Balaban J connectivity index is 2.13. The van der Waals surface area contributed by atoms with Crippen LogP contribution in [0.25, 0.3) is 11.6 Å². The first-order chi connectivity index (χ1) is 12.8. The molecule has 0 N–H and O–H groups in total. The number of halogens is 1. The van der Waals surface area contributed by atoms with Gasteiger partial charge in [-0.1, -0.05) is 30.7 Å². The van der Waals surface area contributed by atoms with E-state index in [1.165, 1.54) is 11.3 Å². The summed E-state index contributed by atoms with van der Waals surface area (Å²) in [6, 6.07) is 13.9. The van der Waals surface area contributed by atoms with Crippen LogP contribution in [0.2, 0.25) is 5.02 Å². The molecule has 3 rings (SSSR count). The minimum Gasteiger partial charge on any atom is -0.496 e. The quantitative estimate of drug-likeness (QED) is 0.474.